The number of halogens is 6. The summed E-state index contributed by atoms with van der Waals surface area (Å²) in [4.78, 5) is 89.7. The molecule has 2 atom stereocenters. The maximum Gasteiger partial charge on any atom is 0.435 e. The third kappa shape index (κ3) is 19.5. The number of carbonyl (C=O) groups excluding carboxylic acids is 7. The second kappa shape index (κ2) is 34.9. The van der Waals surface area contributed by atoms with Crippen molar-refractivity contribution in [3.8, 4) is 11.1 Å². The first-order valence-corrected chi connectivity index (χ1v) is 32.0. The van der Waals surface area contributed by atoms with Gasteiger partial charge < -0.3 is 68.8 Å². The van der Waals surface area contributed by atoms with Crippen molar-refractivity contribution in [3.63, 3.8) is 0 Å². The first kappa shape index (κ1) is 73.8. The molecule has 1 aliphatic heterocycles. The molecular weight excluding hydrogens is 1310 g/mol. The summed E-state index contributed by atoms with van der Waals surface area (Å²) < 4.78 is 140. The Morgan fingerprint density at radius 2 is 1.30 bits per heavy atom. The van der Waals surface area contributed by atoms with E-state index < -0.39 is 95.5 Å². The molecule has 2 aromatic carbocycles. The Hall–Kier alpha value is -8.45. The molecule has 1 saturated heterocycles. The maximum atomic E-state index is 15.8. The quantitative estimate of drug-likeness (QED) is 0.0205. The van der Waals surface area contributed by atoms with Gasteiger partial charge in [-0.05, 0) is 43.0 Å². The second-order valence-electron chi connectivity index (χ2n) is 23.5. The Bertz CT molecular complexity index is 3720. The molecule has 4 aromatic heterocycles. The van der Waals surface area contributed by atoms with Crippen molar-refractivity contribution >= 4 is 68.9 Å². The van der Waals surface area contributed by atoms with Gasteiger partial charge in [0.1, 0.15) is 18.9 Å². The smallest absolute Gasteiger partial charge is 0.435 e. The molecule has 98 heavy (non-hydrogen) atoms. The number of hydrogen-bond acceptors (Lipinski definition) is 20. The number of aromatic nitrogens is 8. The molecule has 3 aliphatic rings. The van der Waals surface area contributed by atoms with Crippen LogP contribution in [0.25, 0.3) is 32.9 Å². The predicted molar refractivity (Wildman–Crippen MR) is 333 cm³/mol. The third-order valence-corrected chi connectivity index (χ3v) is 16.9. The summed E-state index contributed by atoms with van der Waals surface area (Å²) in [6.45, 7) is 6.28. The lowest BCUT2D eigenvalue weighted by Crippen LogP contribution is -2.40. The monoisotopic (exact) mass is 1390 g/mol. The molecule has 1 saturated carbocycles. The molecule has 9 rings (SSSR count). The first-order chi connectivity index (χ1) is 47.2. The van der Waals surface area contributed by atoms with Crippen molar-refractivity contribution in [2.24, 2.45) is 11.3 Å². The molecule has 0 radical (unpaired) electrons. The van der Waals surface area contributed by atoms with Gasteiger partial charge in [-0.25, -0.2) is 17.9 Å². The van der Waals surface area contributed by atoms with E-state index in [0.29, 0.717) is 122 Å². The van der Waals surface area contributed by atoms with E-state index in [2.05, 4.69) is 51.5 Å². The molecule has 35 heteroatoms. The molecule has 534 valence electrons. The molecule has 6 aromatic rings. The lowest BCUT2D eigenvalue weighted by atomic mass is 9.87. The van der Waals surface area contributed by atoms with Crippen molar-refractivity contribution in [2.45, 2.75) is 76.6 Å². The zero-order valence-electron chi connectivity index (χ0n) is 54.2. The largest absolute Gasteiger partial charge is 0.468 e. The summed E-state index contributed by atoms with van der Waals surface area (Å²) in [5, 5.41) is 28.6. The molecule has 5 amide bonds. The molecule has 2 fully saturated rings. The summed E-state index contributed by atoms with van der Waals surface area (Å²) in [5.74, 6) is -8.48. The zero-order valence-corrected chi connectivity index (χ0v) is 54.2. The van der Waals surface area contributed by atoms with Crippen LogP contribution in [0.3, 0.4) is 0 Å². The van der Waals surface area contributed by atoms with Crippen LogP contribution in [0.2, 0.25) is 0 Å². The van der Waals surface area contributed by atoms with Crippen molar-refractivity contribution in [1.82, 2.24) is 60.4 Å². The number of ether oxygens (including phenoxy) is 9. The number of alkyl halides is 5. The van der Waals surface area contributed by atoms with Crippen LogP contribution in [-0.2, 0) is 92.2 Å². The van der Waals surface area contributed by atoms with E-state index in [1.54, 1.807) is 24.0 Å². The average Bonchev–Trinajstić information content (AvgIpc) is 1.51. The highest BCUT2D eigenvalue weighted by Gasteiger charge is 2.78. The summed E-state index contributed by atoms with van der Waals surface area (Å²) in [7, 11) is 1.11. The number of hydrogen-bond donors (Lipinski definition) is 5. The minimum Gasteiger partial charge on any atom is -0.468 e. The van der Waals surface area contributed by atoms with Gasteiger partial charge in [-0.15, -0.1) is 0 Å². The highest BCUT2D eigenvalue weighted by atomic mass is 19.4. The predicted octanol–water partition coefficient (Wildman–Crippen LogP) is 4.08. The second-order valence-corrected chi connectivity index (χ2v) is 23.5. The van der Waals surface area contributed by atoms with E-state index in [1.807, 2.05) is 4.90 Å². The van der Waals surface area contributed by atoms with E-state index in [9.17, 15) is 55.5 Å². The van der Waals surface area contributed by atoms with Gasteiger partial charge in [0.15, 0.2) is 11.4 Å². The lowest BCUT2D eigenvalue weighted by molar-refractivity contribution is -0.141. The van der Waals surface area contributed by atoms with Crippen LogP contribution < -0.4 is 21.3 Å². The van der Waals surface area contributed by atoms with Gasteiger partial charge in [0, 0.05) is 84.0 Å². The highest BCUT2D eigenvalue weighted by Crippen LogP contribution is 2.70. The van der Waals surface area contributed by atoms with Gasteiger partial charge in [-0.1, -0.05) is 19.1 Å². The topological polar surface area (TPSA) is 336 Å². The first-order valence-electron chi connectivity index (χ1n) is 32.0. The van der Waals surface area contributed by atoms with E-state index in [-0.39, 0.29) is 110 Å². The molecular formula is C63H79F6N13O16. The molecule has 2 aliphatic carbocycles. The molecule has 5 N–H and O–H groups in total. The number of methoxy groups -OCH3 is 1. The number of esters is 1. The van der Waals surface area contributed by atoms with Gasteiger partial charge in [0.25, 0.3) is 11.8 Å². The van der Waals surface area contributed by atoms with E-state index >= 15 is 4.39 Å². The number of nitrogens with one attached hydrogen (secondary N) is 5. The fraction of sp³-hybridized carbons (Fsp3) is 0.571. The van der Waals surface area contributed by atoms with Crippen molar-refractivity contribution in [2.75, 3.05) is 151 Å². The number of nitrogens with zero attached hydrogens (tertiary/aromatic N) is 8. The van der Waals surface area contributed by atoms with Crippen LogP contribution in [0, 0.1) is 17.2 Å². The Morgan fingerprint density at radius 1 is 0.684 bits per heavy atom. The minimum atomic E-state index is -5.07. The van der Waals surface area contributed by atoms with Gasteiger partial charge in [0.05, 0.1) is 161 Å². The Kier molecular flexibility index (Phi) is 26.2. The van der Waals surface area contributed by atoms with Gasteiger partial charge in [0.2, 0.25) is 29.5 Å². The number of H-pyrrole nitrogens is 1. The van der Waals surface area contributed by atoms with Gasteiger partial charge >= 0.3 is 12.1 Å². The SMILES string of the molecule is COC(=O)CNC(=O)CNC(=O)Cn1nc(C(F)(F)F)c2c(-c3cc4c(cnn4C(=O)CCC(=O)NCCOCCOCCOCCOCCOCCOCCOCCOCCC(=O)N4CCC(n5cc(NC(=O)c6n[nH]c7c6C[C@H]6C(F)(F)[C@@]6(C)C7)cn5)CC4)cc3F)cccc21. The van der Waals surface area contributed by atoms with Crippen LogP contribution >= 0.6 is 0 Å². The van der Waals surface area contributed by atoms with Crippen LogP contribution in [0.15, 0.2) is 48.9 Å². The maximum absolute atomic E-state index is 15.8. The van der Waals surface area contributed by atoms with E-state index in [1.165, 1.54) is 30.5 Å². The van der Waals surface area contributed by atoms with E-state index in [0.717, 1.165) is 22.5 Å². The average molecular weight is 1390 g/mol. The van der Waals surface area contributed by atoms with Crippen molar-refractivity contribution in [3.05, 3.63) is 77.4 Å². The molecule has 0 spiro atoms. The fourth-order valence-corrected chi connectivity index (χ4v) is 11.5. The number of likely N-dealkylation sites (tertiary alicyclic amines) is 1. The number of aromatic amines is 1. The standard InChI is InChI=1S/C63H79F6N13O16/c1-61-33-47-45(32-50(61)62(61,65)66)58(77-76-47)60(89)75-41-35-73-80(38-41)42-8-12-79(13-9-42)54(86)10-14-91-16-18-93-20-22-95-24-26-97-28-29-98-27-25-96-23-21-94-19-17-92-15-11-70-51(83)6-7-55(87)82-49-31-44(46(64)30-40(49)34-74-82)43-4-3-5-48-57(43)59(63(67,68)69)78-81(48)39-53(85)71-36-52(84)72-37-56(88)90-2/h3-5,30-31,34-35,38,42,50H,6-29,32-33,36-37,39H2,1-2H3,(H,70,83)(H,71,85)(H,72,84)(H,75,89)(H,76,77)/t50-,61+/m1/s1. The Morgan fingerprint density at radius 3 is 1.92 bits per heavy atom. The number of carbonyl (C=O) groups is 7. The summed E-state index contributed by atoms with van der Waals surface area (Å²) in [6, 6.07) is 6.04. The van der Waals surface area contributed by atoms with Crippen LogP contribution in [0.1, 0.15) is 77.3 Å². The van der Waals surface area contributed by atoms with E-state index in [4.69, 9.17) is 37.9 Å². The highest BCUT2D eigenvalue weighted by molar-refractivity contribution is 6.04. The van der Waals surface area contributed by atoms with Crippen molar-refractivity contribution < 1.29 is 103 Å². The van der Waals surface area contributed by atoms with Crippen LogP contribution in [-0.4, -0.2) is 237 Å². The number of rotatable bonds is 40. The zero-order chi connectivity index (χ0) is 69.8. The molecule has 5 heterocycles. The van der Waals surface area contributed by atoms with Crippen LogP contribution in [0.4, 0.5) is 32.0 Å². The number of benzene rings is 2. The molecule has 0 bridgehead atoms. The Balaban J connectivity index is 0.525. The van der Waals surface area contributed by atoms with Gasteiger partial charge in [-0.2, -0.15) is 33.6 Å². The van der Waals surface area contributed by atoms with Crippen LogP contribution in [0.5, 0.6) is 0 Å². The number of amides is 5. The normalized spacial score (nSPS) is 16.6. The number of fused-ring (bicyclic) bond motifs is 4. The summed E-state index contributed by atoms with van der Waals surface area (Å²) in [5.41, 5.74) is -1.49. The third-order valence-electron chi connectivity index (χ3n) is 16.9. The van der Waals surface area contributed by atoms with Crippen molar-refractivity contribution in [1.29, 1.82) is 0 Å². The number of anilines is 1. The number of piperidine rings is 1. The molecule has 29 nitrogen and oxygen atoms in total. The Labute approximate surface area is 557 Å². The summed E-state index contributed by atoms with van der Waals surface area (Å²) in [6.07, 6.45) is 0.736. The summed E-state index contributed by atoms with van der Waals surface area (Å²) >= 11 is 0. The lowest BCUT2D eigenvalue weighted by Gasteiger charge is -2.32. The van der Waals surface area contributed by atoms with Gasteiger partial charge in [-0.3, -0.25) is 48.0 Å². The molecule has 0 unspecified atom stereocenters. The fourth-order valence-electron chi connectivity index (χ4n) is 11.5. The minimum absolute atomic E-state index is 0.00370.